The number of hydrogen-bond acceptors (Lipinski definition) is 3. The van der Waals surface area contributed by atoms with Gasteiger partial charge in [0.1, 0.15) is 5.75 Å². The molecular weight excluding hydrogens is 392 g/mol. The predicted molar refractivity (Wildman–Crippen MR) is 137 cm³/mol. The third kappa shape index (κ3) is 5.41. The van der Waals surface area contributed by atoms with Gasteiger partial charge >= 0.3 is 0 Å². The summed E-state index contributed by atoms with van der Waals surface area (Å²) in [6.45, 7) is 17.0. The minimum Gasteiger partial charge on any atom is -0.455 e. The number of allylic oxidation sites excluding steroid dienone is 4. The molecule has 1 aliphatic carbocycles. The molecule has 0 aromatic heterocycles. The standard InChI is InChI=1S/C29H36N2O/c1-7-21(2)19-25-22(3)23(20-29(25,4)5)17-18-28(30)31(6)26-15-11-12-16-27(26)32-24-13-9-8-10-14-24/h7-18,23,25,28H,1-3,19-20,30H2,4-6H3. The van der Waals surface area contributed by atoms with Gasteiger partial charge in [-0.2, -0.15) is 0 Å². The first-order valence-corrected chi connectivity index (χ1v) is 11.2. The average molecular weight is 429 g/mol. The van der Waals surface area contributed by atoms with Crippen molar-refractivity contribution in [3.8, 4) is 11.5 Å². The maximum atomic E-state index is 6.57. The van der Waals surface area contributed by atoms with Crippen LogP contribution in [0.4, 0.5) is 5.69 Å². The third-order valence-electron chi connectivity index (χ3n) is 6.57. The van der Waals surface area contributed by atoms with Gasteiger partial charge in [0.15, 0.2) is 5.75 Å². The fourth-order valence-corrected chi connectivity index (χ4v) is 4.53. The van der Waals surface area contributed by atoms with Crippen LogP contribution in [0.15, 0.2) is 104 Å². The van der Waals surface area contributed by atoms with Crippen molar-refractivity contribution in [3.05, 3.63) is 104 Å². The highest BCUT2D eigenvalue weighted by molar-refractivity contribution is 5.60. The van der Waals surface area contributed by atoms with Gasteiger partial charge in [-0.15, -0.1) is 0 Å². The van der Waals surface area contributed by atoms with Gasteiger partial charge in [-0.1, -0.05) is 93.3 Å². The Bertz CT molecular complexity index is 989. The molecule has 0 amide bonds. The first-order chi connectivity index (χ1) is 15.2. The maximum absolute atomic E-state index is 6.57. The lowest BCUT2D eigenvalue weighted by Crippen LogP contribution is -2.37. The quantitative estimate of drug-likeness (QED) is 0.263. The molecule has 3 heteroatoms. The molecule has 32 heavy (non-hydrogen) atoms. The van der Waals surface area contributed by atoms with Gasteiger partial charge in [-0.3, -0.25) is 0 Å². The summed E-state index contributed by atoms with van der Waals surface area (Å²) in [7, 11) is 1.99. The van der Waals surface area contributed by atoms with E-state index in [9.17, 15) is 0 Å². The van der Waals surface area contributed by atoms with E-state index in [0.717, 1.165) is 35.6 Å². The zero-order valence-corrected chi connectivity index (χ0v) is 19.6. The monoisotopic (exact) mass is 428 g/mol. The molecule has 3 unspecified atom stereocenters. The van der Waals surface area contributed by atoms with Crippen LogP contribution in [-0.2, 0) is 0 Å². The topological polar surface area (TPSA) is 38.5 Å². The molecule has 0 radical (unpaired) electrons. The van der Waals surface area contributed by atoms with E-state index in [2.05, 4.69) is 45.7 Å². The molecule has 0 saturated heterocycles. The molecule has 1 saturated carbocycles. The Labute approximate surface area is 193 Å². The van der Waals surface area contributed by atoms with E-state index >= 15 is 0 Å². The van der Waals surface area contributed by atoms with Gasteiger partial charge in [-0.25, -0.2) is 0 Å². The molecule has 3 atom stereocenters. The number of rotatable bonds is 9. The Morgan fingerprint density at radius 1 is 1.19 bits per heavy atom. The minimum atomic E-state index is -0.284. The summed E-state index contributed by atoms with van der Waals surface area (Å²) < 4.78 is 6.11. The molecule has 2 aromatic carbocycles. The number of benzene rings is 2. The Balaban J connectivity index is 1.72. The SMILES string of the molecule is C=CC(=C)CC1C(=C)C(C=CC(N)N(C)c2ccccc2Oc2ccccc2)CC1(C)C. The lowest BCUT2D eigenvalue weighted by atomic mass is 9.77. The summed E-state index contributed by atoms with van der Waals surface area (Å²) in [5.74, 6) is 2.29. The van der Waals surface area contributed by atoms with Crippen molar-refractivity contribution in [2.75, 3.05) is 11.9 Å². The van der Waals surface area contributed by atoms with E-state index in [0.29, 0.717) is 11.8 Å². The molecule has 168 valence electrons. The van der Waals surface area contributed by atoms with E-state index in [4.69, 9.17) is 10.5 Å². The van der Waals surface area contributed by atoms with Crippen molar-refractivity contribution in [2.24, 2.45) is 23.0 Å². The molecular formula is C29H36N2O. The van der Waals surface area contributed by atoms with Crippen molar-refractivity contribution < 1.29 is 4.74 Å². The van der Waals surface area contributed by atoms with Gasteiger partial charge in [0.2, 0.25) is 0 Å². The van der Waals surface area contributed by atoms with Gasteiger partial charge in [0, 0.05) is 7.05 Å². The second kappa shape index (κ2) is 10.1. The molecule has 3 nitrogen and oxygen atoms in total. The van der Waals surface area contributed by atoms with Crippen LogP contribution in [0.1, 0.15) is 26.7 Å². The molecule has 2 aromatic rings. The second-order valence-corrected chi connectivity index (χ2v) is 9.36. The number of nitrogens with two attached hydrogens (primary N) is 1. The molecule has 0 bridgehead atoms. The van der Waals surface area contributed by atoms with Crippen LogP contribution in [0.25, 0.3) is 0 Å². The van der Waals surface area contributed by atoms with Crippen LogP contribution in [-0.4, -0.2) is 13.2 Å². The molecule has 0 aliphatic heterocycles. The van der Waals surface area contributed by atoms with E-state index < -0.39 is 0 Å². The Morgan fingerprint density at radius 3 is 2.53 bits per heavy atom. The molecule has 3 rings (SSSR count). The van der Waals surface area contributed by atoms with Crippen LogP contribution in [0.5, 0.6) is 11.5 Å². The van der Waals surface area contributed by atoms with Crippen LogP contribution in [0.3, 0.4) is 0 Å². The lowest BCUT2D eigenvalue weighted by Gasteiger charge is -2.27. The first kappa shape index (κ1) is 23.6. The average Bonchev–Trinajstić information content (AvgIpc) is 3.00. The summed E-state index contributed by atoms with van der Waals surface area (Å²) >= 11 is 0. The highest BCUT2D eigenvalue weighted by Gasteiger charge is 2.42. The Kier molecular flexibility index (Phi) is 7.42. The zero-order chi connectivity index (χ0) is 23.3. The number of likely N-dealkylation sites (N-methyl/N-ethyl adjacent to an activating group) is 1. The molecule has 0 spiro atoms. The van der Waals surface area contributed by atoms with Gasteiger partial charge in [-0.05, 0) is 54.4 Å². The fraction of sp³-hybridized carbons (Fsp3) is 0.310. The molecule has 1 fully saturated rings. The van der Waals surface area contributed by atoms with E-state index in [1.165, 1.54) is 5.57 Å². The van der Waals surface area contributed by atoms with Crippen LogP contribution < -0.4 is 15.4 Å². The van der Waals surface area contributed by atoms with Crippen molar-refractivity contribution in [1.29, 1.82) is 0 Å². The first-order valence-electron chi connectivity index (χ1n) is 11.2. The number of hydrogen-bond donors (Lipinski definition) is 1. The highest BCUT2D eigenvalue weighted by atomic mass is 16.5. The maximum Gasteiger partial charge on any atom is 0.150 e. The molecule has 2 N–H and O–H groups in total. The van der Waals surface area contributed by atoms with Crippen LogP contribution in [0, 0.1) is 17.3 Å². The summed E-state index contributed by atoms with van der Waals surface area (Å²) in [6, 6.07) is 17.8. The van der Waals surface area contributed by atoms with Crippen LogP contribution in [0.2, 0.25) is 0 Å². The number of nitrogens with zero attached hydrogens (tertiary/aromatic N) is 1. The van der Waals surface area contributed by atoms with Crippen LogP contribution >= 0.6 is 0 Å². The van der Waals surface area contributed by atoms with Gasteiger partial charge in [0.05, 0.1) is 11.9 Å². The van der Waals surface area contributed by atoms with E-state index in [1.54, 1.807) is 0 Å². The largest absolute Gasteiger partial charge is 0.455 e. The highest BCUT2D eigenvalue weighted by Crippen LogP contribution is 2.52. The Morgan fingerprint density at radius 2 is 1.84 bits per heavy atom. The van der Waals surface area contributed by atoms with Crippen molar-refractivity contribution in [1.82, 2.24) is 0 Å². The summed E-state index contributed by atoms with van der Waals surface area (Å²) in [6.07, 6.45) is 7.84. The van der Waals surface area contributed by atoms with Crippen molar-refractivity contribution in [2.45, 2.75) is 32.9 Å². The number of ether oxygens (including phenoxy) is 1. The third-order valence-corrected chi connectivity index (χ3v) is 6.57. The predicted octanol–water partition coefficient (Wildman–Crippen LogP) is 7.11. The second-order valence-electron chi connectivity index (χ2n) is 9.36. The van der Waals surface area contributed by atoms with Crippen molar-refractivity contribution in [3.63, 3.8) is 0 Å². The van der Waals surface area contributed by atoms with E-state index in [1.807, 2.05) is 72.6 Å². The number of para-hydroxylation sites is 3. The summed E-state index contributed by atoms with van der Waals surface area (Å²) in [5, 5.41) is 0. The lowest BCUT2D eigenvalue weighted by molar-refractivity contribution is 0.276. The molecule has 0 heterocycles. The number of anilines is 1. The van der Waals surface area contributed by atoms with Crippen molar-refractivity contribution >= 4 is 5.69 Å². The minimum absolute atomic E-state index is 0.171. The zero-order valence-electron chi connectivity index (χ0n) is 19.6. The fourth-order valence-electron chi connectivity index (χ4n) is 4.53. The Hall–Kier alpha value is -3.04. The smallest absolute Gasteiger partial charge is 0.150 e. The van der Waals surface area contributed by atoms with E-state index in [-0.39, 0.29) is 11.6 Å². The van der Waals surface area contributed by atoms with Gasteiger partial charge < -0.3 is 15.4 Å². The summed E-state index contributed by atoms with van der Waals surface area (Å²) in [4.78, 5) is 2.04. The normalized spacial score (nSPS) is 20.8. The molecule has 1 aliphatic rings. The van der Waals surface area contributed by atoms with Gasteiger partial charge in [0.25, 0.3) is 0 Å². The summed E-state index contributed by atoms with van der Waals surface area (Å²) in [5.41, 5.74) is 10.0.